The van der Waals surface area contributed by atoms with E-state index in [1.165, 1.54) is 83.5 Å². The fourth-order valence-corrected chi connectivity index (χ4v) is 3.13. The van der Waals surface area contributed by atoms with Crippen LogP contribution in [0.15, 0.2) is 0 Å². The van der Waals surface area contributed by atoms with E-state index in [2.05, 4.69) is 27.7 Å². The molecule has 0 saturated heterocycles. The first-order chi connectivity index (χ1) is 9.28. The molecule has 0 radical (unpaired) electrons. The van der Waals surface area contributed by atoms with E-state index in [-0.39, 0.29) is 0 Å². The van der Waals surface area contributed by atoms with Crippen LogP contribution in [0.4, 0.5) is 0 Å². The normalized spacial score (nSPS) is 13.1. The molecule has 0 aromatic rings. The van der Waals surface area contributed by atoms with Crippen molar-refractivity contribution in [2.45, 2.75) is 111 Å². The third-order valence-electron chi connectivity index (χ3n) is 4.71. The molecular weight excluding hydrogens is 228 g/mol. The first-order valence-electron chi connectivity index (χ1n) is 9.28. The Bertz CT molecular complexity index is 153. The first-order valence-corrected chi connectivity index (χ1v) is 9.28. The second-order valence-corrected chi connectivity index (χ2v) is 6.50. The number of rotatable bonds is 14. The molecule has 0 N–H and O–H groups in total. The van der Waals surface area contributed by atoms with E-state index in [4.69, 9.17) is 0 Å². The summed E-state index contributed by atoms with van der Waals surface area (Å²) in [6.07, 6.45) is 18.8. The monoisotopic (exact) mass is 268 g/mol. The van der Waals surface area contributed by atoms with Crippen LogP contribution in [-0.2, 0) is 0 Å². The Balaban J connectivity index is 3.88. The fraction of sp³-hybridized carbons (Fsp3) is 1.00. The topological polar surface area (TPSA) is 0 Å². The quantitative estimate of drug-likeness (QED) is 0.288. The highest BCUT2D eigenvalue weighted by atomic mass is 14.2. The van der Waals surface area contributed by atoms with E-state index in [1.807, 2.05) is 0 Å². The van der Waals surface area contributed by atoms with E-state index in [0.717, 1.165) is 11.8 Å². The van der Waals surface area contributed by atoms with Crippen LogP contribution in [0.2, 0.25) is 0 Å². The zero-order chi connectivity index (χ0) is 14.3. The van der Waals surface area contributed by atoms with Gasteiger partial charge < -0.3 is 0 Å². The smallest absolute Gasteiger partial charge is 0.0414 e. The predicted molar refractivity (Wildman–Crippen MR) is 89.7 cm³/mol. The van der Waals surface area contributed by atoms with Gasteiger partial charge in [0.2, 0.25) is 0 Å². The van der Waals surface area contributed by atoms with Crippen molar-refractivity contribution in [1.82, 2.24) is 0 Å². The summed E-state index contributed by atoms with van der Waals surface area (Å²) in [5.41, 5.74) is 0. The molecule has 0 rings (SSSR count). The Morgan fingerprint density at radius 3 is 1.42 bits per heavy atom. The zero-order valence-corrected chi connectivity index (χ0v) is 14.3. The van der Waals surface area contributed by atoms with E-state index < -0.39 is 0 Å². The highest BCUT2D eigenvalue weighted by molar-refractivity contribution is 4.65. The Kier molecular flexibility index (Phi) is 14.4. The van der Waals surface area contributed by atoms with Gasteiger partial charge in [-0.3, -0.25) is 0 Å². The Hall–Kier alpha value is 0. The van der Waals surface area contributed by atoms with Crippen molar-refractivity contribution in [3.8, 4) is 0 Å². The SMILES string of the molecule is CCCCCC(CC)CCC(CCCC)CCCC. The summed E-state index contributed by atoms with van der Waals surface area (Å²) in [6, 6.07) is 0. The van der Waals surface area contributed by atoms with Crippen molar-refractivity contribution >= 4 is 0 Å². The van der Waals surface area contributed by atoms with E-state index in [1.54, 1.807) is 0 Å². The molecule has 1 atom stereocenters. The van der Waals surface area contributed by atoms with Gasteiger partial charge in [0.1, 0.15) is 0 Å². The van der Waals surface area contributed by atoms with Crippen molar-refractivity contribution in [3.05, 3.63) is 0 Å². The number of unbranched alkanes of at least 4 members (excludes halogenated alkanes) is 4. The zero-order valence-electron chi connectivity index (χ0n) is 14.3. The molecule has 0 spiro atoms. The summed E-state index contributed by atoms with van der Waals surface area (Å²) in [5, 5.41) is 0. The molecule has 0 aliphatic heterocycles. The lowest BCUT2D eigenvalue weighted by Gasteiger charge is -2.20. The van der Waals surface area contributed by atoms with Crippen LogP contribution in [0.1, 0.15) is 111 Å². The average molecular weight is 269 g/mol. The van der Waals surface area contributed by atoms with Gasteiger partial charge >= 0.3 is 0 Å². The number of hydrogen-bond acceptors (Lipinski definition) is 0. The van der Waals surface area contributed by atoms with E-state index >= 15 is 0 Å². The van der Waals surface area contributed by atoms with Crippen molar-refractivity contribution < 1.29 is 0 Å². The summed E-state index contributed by atoms with van der Waals surface area (Å²) in [6.45, 7) is 9.36. The van der Waals surface area contributed by atoms with Crippen LogP contribution < -0.4 is 0 Å². The third-order valence-corrected chi connectivity index (χ3v) is 4.71. The minimum atomic E-state index is 1.01. The summed E-state index contributed by atoms with van der Waals surface area (Å²) in [5.74, 6) is 2.04. The lowest BCUT2D eigenvalue weighted by molar-refractivity contribution is 0.325. The molecule has 0 aromatic heterocycles. The van der Waals surface area contributed by atoms with Gasteiger partial charge in [0, 0.05) is 0 Å². The predicted octanol–water partition coefficient (Wildman–Crippen LogP) is 7.37. The highest BCUT2D eigenvalue weighted by Crippen LogP contribution is 2.27. The van der Waals surface area contributed by atoms with E-state index in [0.29, 0.717) is 0 Å². The van der Waals surface area contributed by atoms with Crippen molar-refractivity contribution in [2.24, 2.45) is 11.8 Å². The molecule has 0 bridgehead atoms. The molecule has 0 heterocycles. The molecular formula is C19H40. The van der Waals surface area contributed by atoms with Crippen LogP contribution in [0.5, 0.6) is 0 Å². The minimum absolute atomic E-state index is 1.01. The summed E-state index contributed by atoms with van der Waals surface area (Å²) in [4.78, 5) is 0. The van der Waals surface area contributed by atoms with Crippen LogP contribution in [0.3, 0.4) is 0 Å². The maximum Gasteiger partial charge on any atom is -0.0414 e. The van der Waals surface area contributed by atoms with Gasteiger partial charge in [-0.1, -0.05) is 111 Å². The van der Waals surface area contributed by atoms with Gasteiger partial charge in [-0.2, -0.15) is 0 Å². The standard InChI is InChI=1S/C19H40/c1-5-9-12-15-18(8-4)16-17-19(13-10-6-2)14-11-7-3/h18-19H,5-17H2,1-4H3. The van der Waals surface area contributed by atoms with Crippen molar-refractivity contribution in [3.63, 3.8) is 0 Å². The lowest BCUT2D eigenvalue weighted by Crippen LogP contribution is -2.06. The van der Waals surface area contributed by atoms with Crippen LogP contribution in [-0.4, -0.2) is 0 Å². The van der Waals surface area contributed by atoms with Gasteiger partial charge in [-0.05, 0) is 11.8 Å². The minimum Gasteiger partial charge on any atom is -0.0654 e. The Labute approximate surface area is 123 Å². The van der Waals surface area contributed by atoms with Gasteiger partial charge in [-0.25, -0.2) is 0 Å². The second kappa shape index (κ2) is 14.4. The molecule has 116 valence electrons. The molecule has 0 amide bonds. The van der Waals surface area contributed by atoms with Crippen LogP contribution >= 0.6 is 0 Å². The number of hydrogen-bond donors (Lipinski definition) is 0. The first kappa shape index (κ1) is 19.0. The fourth-order valence-electron chi connectivity index (χ4n) is 3.13. The van der Waals surface area contributed by atoms with Gasteiger partial charge in [0.25, 0.3) is 0 Å². The molecule has 0 heteroatoms. The van der Waals surface area contributed by atoms with Crippen LogP contribution in [0.25, 0.3) is 0 Å². The largest absolute Gasteiger partial charge is 0.0654 e. The molecule has 19 heavy (non-hydrogen) atoms. The third kappa shape index (κ3) is 11.5. The van der Waals surface area contributed by atoms with Gasteiger partial charge in [0.05, 0.1) is 0 Å². The molecule has 0 nitrogen and oxygen atoms in total. The molecule has 0 fully saturated rings. The summed E-state index contributed by atoms with van der Waals surface area (Å²) < 4.78 is 0. The lowest BCUT2D eigenvalue weighted by atomic mass is 9.86. The highest BCUT2D eigenvalue weighted by Gasteiger charge is 2.12. The Morgan fingerprint density at radius 1 is 0.474 bits per heavy atom. The molecule has 1 unspecified atom stereocenters. The second-order valence-electron chi connectivity index (χ2n) is 6.50. The maximum absolute atomic E-state index is 2.39. The average Bonchev–Trinajstić information content (AvgIpc) is 2.44. The molecule has 0 aliphatic rings. The summed E-state index contributed by atoms with van der Waals surface area (Å²) >= 11 is 0. The molecule has 0 aliphatic carbocycles. The van der Waals surface area contributed by atoms with Gasteiger partial charge in [0.15, 0.2) is 0 Å². The molecule has 0 saturated carbocycles. The van der Waals surface area contributed by atoms with Crippen molar-refractivity contribution in [1.29, 1.82) is 0 Å². The van der Waals surface area contributed by atoms with Crippen LogP contribution in [0, 0.1) is 11.8 Å². The van der Waals surface area contributed by atoms with Crippen molar-refractivity contribution in [2.75, 3.05) is 0 Å². The Morgan fingerprint density at radius 2 is 0.947 bits per heavy atom. The van der Waals surface area contributed by atoms with E-state index in [9.17, 15) is 0 Å². The maximum atomic E-state index is 2.39. The van der Waals surface area contributed by atoms with Gasteiger partial charge in [-0.15, -0.1) is 0 Å². The summed E-state index contributed by atoms with van der Waals surface area (Å²) in [7, 11) is 0. The molecule has 0 aromatic carbocycles.